The fourth-order valence-electron chi connectivity index (χ4n) is 1.90. The summed E-state index contributed by atoms with van der Waals surface area (Å²) in [6.45, 7) is 3.67. The predicted molar refractivity (Wildman–Crippen MR) is 78.9 cm³/mol. The number of benzene rings is 1. The van der Waals surface area contributed by atoms with Crippen LogP contribution in [-0.2, 0) is 13.2 Å². The van der Waals surface area contributed by atoms with Crippen molar-refractivity contribution in [3.05, 3.63) is 53.5 Å². The van der Waals surface area contributed by atoms with Gasteiger partial charge in [-0.05, 0) is 30.3 Å². The highest BCUT2D eigenvalue weighted by atomic mass is 19.1. The Morgan fingerprint density at radius 1 is 1.29 bits per heavy atom. The van der Waals surface area contributed by atoms with Gasteiger partial charge in [0, 0.05) is 12.1 Å². The normalized spacial score (nSPS) is 10.4. The molecule has 0 saturated carbocycles. The molecule has 0 amide bonds. The summed E-state index contributed by atoms with van der Waals surface area (Å²) in [5.74, 6) is 0.854. The van der Waals surface area contributed by atoms with E-state index in [0.29, 0.717) is 24.6 Å². The molecule has 0 atom stereocenters. The van der Waals surface area contributed by atoms with E-state index in [0.717, 1.165) is 24.1 Å². The second kappa shape index (κ2) is 7.59. The molecule has 0 aliphatic carbocycles. The van der Waals surface area contributed by atoms with Crippen LogP contribution in [0.25, 0.3) is 0 Å². The minimum absolute atomic E-state index is 0.356. The number of pyridine rings is 1. The third kappa shape index (κ3) is 4.43. The Labute approximate surface area is 123 Å². The number of methoxy groups -OCH3 is 1. The second-order valence-corrected chi connectivity index (χ2v) is 4.54. The van der Waals surface area contributed by atoms with Crippen molar-refractivity contribution in [2.75, 3.05) is 13.7 Å². The molecule has 2 aromatic rings. The van der Waals surface area contributed by atoms with Crippen molar-refractivity contribution < 1.29 is 13.9 Å². The molecule has 1 aromatic heterocycles. The third-order valence-electron chi connectivity index (χ3n) is 2.97. The zero-order valence-electron chi connectivity index (χ0n) is 12.2. The van der Waals surface area contributed by atoms with Gasteiger partial charge in [0.15, 0.2) is 0 Å². The molecule has 5 heteroatoms. The molecule has 4 nitrogen and oxygen atoms in total. The highest BCUT2D eigenvalue weighted by molar-refractivity contribution is 5.30. The van der Waals surface area contributed by atoms with Gasteiger partial charge in [-0.1, -0.05) is 19.1 Å². The third-order valence-corrected chi connectivity index (χ3v) is 2.97. The molecule has 0 spiro atoms. The summed E-state index contributed by atoms with van der Waals surface area (Å²) >= 11 is 0. The first-order chi connectivity index (χ1) is 10.2. The van der Waals surface area contributed by atoms with E-state index in [4.69, 9.17) is 9.47 Å². The molecule has 1 N–H and O–H groups in total. The van der Waals surface area contributed by atoms with Gasteiger partial charge in [-0.15, -0.1) is 0 Å². The summed E-state index contributed by atoms with van der Waals surface area (Å²) in [6.07, 6.45) is 1.16. The van der Waals surface area contributed by atoms with Crippen LogP contribution in [0.4, 0.5) is 4.39 Å². The van der Waals surface area contributed by atoms with Crippen LogP contribution in [0.2, 0.25) is 0 Å². The monoisotopic (exact) mass is 290 g/mol. The van der Waals surface area contributed by atoms with Gasteiger partial charge in [0.05, 0.1) is 13.3 Å². The Bertz CT molecular complexity index is 590. The Hall–Kier alpha value is -2.14. The molecule has 0 unspecified atom stereocenters. The number of hydrogen-bond acceptors (Lipinski definition) is 4. The van der Waals surface area contributed by atoms with Gasteiger partial charge >= 0.3 is 0 Å². The van der Waals surface area contributed by atoms with Crippen LogP contribution >= 0.6 is 0 Å². The zero-order valence-corrected chi connectivity index (χ0v) is 12.2. The summed E-state index contributed by atoms with van der Waals surface area (Å²) in [5, 5.41) is 3.14. The van der Waals surface area contributed by atoms with Gasteiger partial charge in [0.25, 0.3) is 0 Å². The number of aromatic nitrogens is 1. The van der Waals surface area contributed by atoms with Gasteiger partial charge in [0.1, 0.15) is 18.2 Å². The van der Waals surface area contributed by atoms with Crippen LogP contribution < -0.4 is 14.8 Å². The van der Waals surface area contributed by atoms with Crippen molar-refractivity contribution >= 4 is 0 Å². The Balaban J connectivity index is 2.07. The highest BCUT2D eigenvalue weighted by Crippen LogP contribution is 2.19. The van der Waals surface area contributed by atoms with E-state index in [1.165, 1.54) is 6.07 Å². The maximum absolute atomic E-state index is 13.3. The number of ether oxygens (including phenoxy) is 2. The minimum Gasteiger partial charge on any atom is -0.497 e. The number of nitrogens with zero attached hydrogens (tertiary/aromatic N) is 1. The fourth-order valence-corrected chi connectivity index (χ4v) is 1.90. The molecule has 0 aliphatic heterocycles. The van der Waals surface area contributed by atoms with E-state index in [1.54, 1.807) is 7.11 Å². The first-order valence-corrected chi connectivity index (χ1v) is 6.83. The fraction of sp³-hybridized carbons (Fsp3) is 0.312. The van der Waals surface area contributed by atoms with Gasteiger partial charge in [-0.2, -0.15) is 0 Å². The average molecular weight is 290 g/mol. The van der Waals surface area contributed by atoms with Crippen LogP contribution in [0, 0.1) is 5.82 Å². The maximum atomic E-state index is 13.3. The van der Waals surface area contributed by atoms with E-state index in [1.807, 2.05) is 31.2 Å². The van der Waals surface area contributed by atoms with Crippen LogP contribution in [0.1, 0.15) is 18.1 Å². The molecule has 112 valence electrons. The lowest BCUT2D eigenvalue weighted by atomic mass is 10.2. The van der Waals surface area contributed by atoms with Gasteiger partial charge in [-0.25, -0.2) is 9.37 Å². The number of hydrogen-bond donors (Lipinski definition) is 1. The van der Waals surface area contributed by atoms with Crippen LogP contribution in [0.3, 0.4) is 0 Å². The topological polar surface area (TPSA) is 43.4 Å². The molecule has 1 aromatic carbocycles. The van der Waals surface area contributed by atoms with Crippen molar-refractivity contribution in [3.8, 4) is 11.6 Å². The van der Waals surface area contributed by atoms with E-state index >= 15 is 0 Å². The first kappa shape index (κ1) is 15.3. The Morgan fingerprint density at radius 2 is 2.14 bits per heavy atom. The summed E-state index contributed by atoms with van der Waals surface area (Å²) < 4.78 is 24.1. The molecule has 0 radical (unpaired) electrons. The number of halogens is 1. The summed E-state index contributed by atoms with van der Waals surface area (Å²) in [6, 6.07) is 9.05. The van der Waals surface area contributed by atoms with Crippen LogP contribution in [0.15, 0.2) is 36.5 Å². The first-order valence-electron chi connectivity index (χ1n) is 6.83. The SMILES string of the molecule is CCNCc1cc(F)cnc1OCc1cccc(OC)c1. The molecule has 21 heavy (non-hydrogen) atoms. The lowest BCUT2D eigenvalue weighted by molar-refractivity contribution is 0.288. The molecular formula is C16H19FN2O2. The molecular weight excluding hydrogens is 271 g/mol. The van der Waals surface area contributed by atoms with E-state index in [9.17, 15) is 4.39 Å². The molecule has 2 rings (SSSR count). The molecule has 0 bridgehead atoms. The van der Waals surface area contributed by atoms with Crippen molar-refractivity contribution in [2.45, 2.75) is 20.1 Å². The standard InChI is InChI=1S/C16H19FN2O2/c1-3-18-9-13-8-14(17)10-19-16(13)21-11-12-5-4-6-15(7-12)20-2/h4-8,10,18H,3,9,11H2,1-2H3. The maximum Gasteiger partial charge on any atom is 0.218 e. The lowest BCUT2D eigenvalue weighted by Crippen LogP contribution is -2.13. The van der Waals surface area contributed by atoms with Gasteiger partial charge in [0.2, 0.25) is 5.88 Å². The molecule has 1 heterocycles. The van der Waals surface area contributed by atoms with E-state index in [-0.39, 0.29) is 5.82 Å². The van der Waals surface area contributed by atoms with Crippen molar-refractivity contribution in [1.29, 1.82) is 0 Å². The van der Waals surface area contributed by atoms with E-state index in [2.05, 4.69) is 10.3 Å². The van der Waals surface area contributed by atoms with Gasteiger partial charge in [-0.3, -0.25) is 0 Å². The zero-order chi connectivity index (χ0) is 15.1. The Morgan fingerprint density at radius 3 is 2.90 bits per heavy atom. The van der Waals surface area contributed by atoms with E-state index < -0.39 is 0 Å². The smallest absolute Gasteiger partial charge is 0.218 e. The second-order valence-electron chi connectivity index (χ2n) is 4.54. The molecule has 0 saturated heterocycles. The molecule has 0 aliphatic rings. The average Bonchev–Trinajstić information content (AvgIpc) is 2.52. The summed E-state index contributed by atoms with van der Waals surface area (Å²) in [5.41, 5.74) is 1.68. The summed E-state index contributed by atoms with van der Waals surface area (Å²) in [4.78, 5) is 4.02. The highest BCUT2D eigenvalue weighted by Gasteiger charge is 2.07. The quantitative estimate of drug-likeness (QED) is 0.851. The number of nitrogens with one attached hydrogen (secondary N) is 1. The summed E-state index contributed by atoms with van der Waals surface area (Å²) in [7, 11) is 1.62. The van der Waals surface area contributed by atoms with Crippen LogP contribution in [-0.4, -0.2) is 18.6 Å². The van der Waals surface area contributed by atoms with Crippen molar-refractivity contribution in [2.24, 2.45) is 0 Å². The van der Waals surface area contributed by atoms with Crippen molar-refractivity contribution in [1.82, 2.24) is 10.3 Å². The van der Waals surface area contributed by atoms with Gasteiger partial charge < -0.3 is 14.8 Å². The predicted octanol–water partition coefficient (Wildman–Crippen LogP) is 2.92. The van der Waals surface area contributed by atoms with Crippen molar-refractivity contribution in [3.63, 3.8) is 0 Å². The molecule has 0 fully saturated rings. The largest absolute Gasteiger partial charge is 0.497 e. The minimum atomic E-state index is -0.364. The Kier molecular flexibility index (Phi) is 5.51. The van der Waals surface area contributed by atoms with Crippen LogP contribution in [0.5, 0.6) is 11.6 Å². The lowest BCUT2D eigenvalue weighted by Gasteiger charge is -2.11. The number of rotatable bonds is 7.